The molecule has 1 aliphatic rings. The van der Waals surface area contributed by atoms with Crippen molar-refractivity contribution in [1.82, 2.24) is 0 Å². The number of rotatable bonds is 1. The Bertz CT molecular complexity index is 369. The second kappa shape index (κ2) is 3.50. The van der Waals surface area contributed by atoms with Crippen LogP contribution in [-0.2, 0) is 9.59 Å². The third-order valence-electron chi connectivity index (χ3n) is 2.48. The van der Waals surface area contributed by atoms with Crippen LogP contribution in [0.25, 0.3) is 0 Å². The van der Waals surface area contributed by atoms with Crippen LogP contribution in [0, 0.1) is 0 Å². The minimum Gasteiger partial charge on any atom is -0.294 e. The highest BCUT2D eigenvalue weighted by Crippen LogP contribution is 2.33. The van der Waals surface area contributed by atoms with Gasteiger partial charge < -0.3 is 0 Å². The summed E-state index contributed by atoms with van der Waals surface area (Å²) in [5.41, 5.74) is 0.179. The van der Waals surface area contributed by atoms with Crippen LogP contribution in [0.1, 0.15) is 23.6 Å². The molecule has 0 radical (unpaired) electrons. The Balaban J connectivity index is 2.22. The van der Waals surface area contributed by atoms with Gasteiger partial charge in [0.1, 0.15) is 0 Å². The maximum atomic E-state index is 11.4. The highest BCUT2D eigenvalue weighted by Gasteiger charge is 2.30. The van der Waals surface area contributed by atoms with Crippen molar-refractivity contribution < 1.29 is 9.59 Å². The van der Waals surface area contributed by atoms with Crippen molar-refractivity contribution in [2.45, 2.75) is 18.8 Å². The monoisotopic (exact) mass is 206 g/mol. The van der Waals surface area contributed by atoms with E-state index >= 15 is 0 Å². The molecule has 0 spiro atoms. The van der Waals surface area contributed by atoms with Crippen molar-refractivity contribution >= 4 is 22.9 Å². The molecule has 0 bridgehead atoms. The van der Waals surface area contributed by atoms with E-state index in [1.54, 1.807) is 11.3 Å². The second-order valence-electron chi connectivity index (χ2n) is 3.45. The van der Waals surface area contributed by atoms with Gasteiger partial charge in [-0.25, -0.2) is 0 Å². The van der Waals surface area contributed by atoms with E-state index in [-0.39, 0.29) is 23.1 Å². The fourth-order valence-corrected chi connectivity index (χ4v) is 2.48. The maximum absolute atomic E-state index is 11.4. The van der Waals surface area contributed by atoms with Crippen molar-refractivity contribution in [3.63, 3.8) is 0 Å². The summed E-state index contributed by atoms with van der Waals surface area (Å²) in [6, 6.07) is 3.92. The molecule has 1 aliphatic carbocycles. The van der Waals surface area contributed by atoms with Crippen LogP contribution in [0.15, 0.2) is 29.7 Å². The van der Waals surface area contributed by atoms with E-state index in [0.717, 1.165) is 4.88 Å². The van der Waals surface area contributed by atoms with E-state index in [9.17, 15) is 9.59 Å². The molecule has 0 atom stereocenters. The summed E-state index contributed by atoms with van der Waals surface area (Å²) < 4.78 is 0. The third kappa shape index (κ3) is 1.55. The number of carbonyl (C=O) groups is 2. The molecule has 1 saturated carbocycles. The van der Waals surface area contributed by atoms with Crippen molar-refractivity contribution in [2.24, 2.45) is 0 Å². The Kier molecular flexibility index (Phi) is 2.33. The first kappa shape index (κ1) is 9.34. The number of Topliss-reactive ketones (excluding diaryl/α,β-unsaturated/α-hetero) is 2. The van der Waals surface area contributed by atoms with Gasteiger partial charge >= 0.3 is 0 Å². The fraction of sp³-hybridized carbons (Fsp3) is 0.273. The molecule has 0 amide bonds. The number of hydrogen-bond acceptors (Lipinski definition) is 3. The van der Waals surface area contributed by atoms with E-state index in [1.165, 1.54) is 0 Å². The summed E-state index contributed by atoms with van der Waals surface area (Å²) in [5.74, 6) is -0.111. The Morgan fingerprint density at radius 3 is 2.43 bits per heavy atom. The topological polar surface area (TPSA) is 34.1 Å². The van der Waals surface area contributed by atoms with Gasteiger partial charge in [0.05, 0.1) is 5.57 Å². The number of hydrogen-bond donors (Lipinski definition) is 0. The number of thiophene rings is 1. The lowest BCUT2D eigenvalue weighted by atomic mass is 9.84. The van der Waals surface area contributed by atoms with Crippen molar-refractivity contribution in [3.8, 4) is 0 Å². The summed E-state index contributed by atoms with van der Waals surface area (Å²) in [6.45, 7) is 3.50. The standard InChI is InChI=1S/C11H10O2S/c1-7-9(12)5-8(6-10(7)13)11-3-2-4-14-11/h2-4,8H,1,5-6H2. The normalized spacial score (nSPS) is 19.0. The Morgan fingerprint density at radius 1 is 1.29 bits per heavy atom. The fourth-order valence-electron chi connectivity index (χ4n) is 1.65. The summed E-state index contributed by atoms with van der Waals surface area (Å²) in [6.07, 6.45) is 0.871. The highest BCUT2D eigenvalue weighted by molar-refractivity contribution is 7.10. The predicted octanol–water partition coefficient (Wildman–Crippen LogP) is 2.32. The molecule has 0 saturated heterocycles. The van der Waals surface area contributed by atoms with Gasteiger partial charge in [0.15, 0.2) is 11.6 Å². The van der Waals surface area contributed by atoms with Gasteiger partial charge in [-0.3, -0.25) is 9.59 Å². The quantitative estimate of drug-likeness (QED) is 0.522. The number of ketones is 2. The molecule has 0 N–H and O–H groups in total. The average Bonchev–Trinajstić information content (AvgIpc) is 2.66. The molecule has 1 aromatic rings. The van der Waals surface area contributed by atoms with Crippen LogP contribution < -0.4 is 0 Å². The number of carbonyl (C=O) groups excluding carboxylic acids is 2. The molecule has 0 unspecified atom stereocenters. The predicted molar refractivity (Wildman–Crippen MR) is 55.4 cm³/mol. The Labute approximate surface area is 86.3 Å². The van der Waals surface area contributed by atoms with E-state index in [1.807, 2.05) is 17.5 Å². The molecule has 2 nitrogen and oxygen atoms in total. The Morgan fingerprint density at radius 2 is 1.93 bits per heavy atom. The second-order valence-corrected chi connectivity index (χ2v) is 4.42. The first-order valence-electron chi connectivity index (χ1n) is 4.47. The largest absolute Gasteiger partial charge is 0.294 e. The minimum absolute atomic E-state index is 0.0838. The van der Waals surface area contributed by atoms with Gasteiger partial charge in [-0.05, 0) is 11.4 Å². The molecule has 72 valence electrons. The summed E-state index contributed by atoms with van der Waals surface area (Å²) in [4.78, 5) is 23.9. The molecule has 2 rings (SSSR count). The van der Waals surface area contributed by atoms with Crippen LogP contribution in [0.3, 0.4) is 0 Å². The molecule has 14 heavy (non-hydrogen) atoms. The van der Waals surface area contributed by atoms with Gasteiger partial charge in [0.2, 0.25) is 0 Å². The summed E-state index contributed by atoms with van der Waals surface area (Å²) in [5, 5.41) is 1.97. The molecule has 3 heteroatoms. The Hall–Kier alpha value is -1.22. The van der Waals surface area contributed by atoms with Crippen LogP contribution in [0.4, 0.5) is 0 Å². The van der Waals surface area contributed by atoms with Crippen molar-refractivity contribution in [1.29, 1.82) is 0 Å². The van der Waals surface area contributed by atoms with E-state index in [4.69, 9.17) is 0 Å². The van der Waals surface area contributed by atoms with Crippen LogP contribution >= 0.6 is 11.3 Å². The van der Waals surface area contributed by atoms with Gasteiger partial charge in [0.25, 0.3) is 0 Å². The SMILES string of the molecule is C=C1C(=O)CC(c2cccs2)CC1=O. The molecule has 1 heterocycles. The molecule has 0 aromatic carbocycles. The third-order valence-corrected chi connectivity index (χ3v) is 3.52. The van der Waals surface area contributed by atoms with E-state index < -0.39 is 0 Å². The zero-order valence-corrected chi connectivity index (χ0v) is 8.47. The van der Waals surface area contributed by atoms with E-state index in [0.29, 0.717) is 12.8 Å². The van der Waals surface area contributed by atoms with E-state index in [2.05, 4.69) is 6.58 Å². The lowest BCUT2D eigenvalue weighted by Crippen LogP contribution is -2.23. The lowest BCUT2D eigenvalue weighted by molar-refractivity contribution is -0.124. The highest BCUT2D eigenvalue weighted by atomic mass is 32.1. The number of allylic oxidation sites excluding steroid dienone is 1. The molecular formula is C11H10O2S. The zero-order chi connectivity index (χ0) is 10.1. The molecular weight excluding hydrogens is 196 g/mol. The molecule has 1 aromatic heterocycles. The lowest BCUT2D eigenvalue weighted by Gasteiger charge is -2.19. The van der Waals surface area contributed by atoms with Gasteiger partial charge in [-0.1, -0.05) is 12.6 Å². The van der Waals surface area contributed by atoms with Crippen LogP contribution in [0.2, 0.25) is 0 Å². The van der Waals surface area contributed by atoms with Gasteiger partial charge in [-0.15, -0.1) is 11.3 Å². The zero-order valence-electron chi connectivity index (χ0n) is 7.66. The van der Waals surface area contributed by atoms with Crippen molar-refractivity contribution in [3.05, 3.63) is 34.5 Å². The minimum atomic E-state index is -0.0975. The first-order chi connectivity index (χ1) is 6.68. The first-order valence-corrected chi connectivity index (χ1v) is 5.35. The van der Waals surface area contributed by atoms with Crippen LogP contribution in [-0.4, -0.2) is 11.6 Å². The van der Waals surface area contributed by atoms with Gasteiger partial charge in [0, 0.05) is 23.6 Å². The molecule has 0 aliphatic heterocycles. The van der Waals surface area contributed by atoms with Crippen molar-refractivity contribution in [2.75, 3.05) is 0 Å². The average molecular weight is 206 g/mol. The smallest absolute Gasteiger partial charge is 0.166 e. The summed E-state index contributed by atoms with van der Waals surface area (Å²) >= 11 is 1.60. The van der Waals surface area contributed by atoms with Gasteiger partial charge in [-0.2, -0.15) is 0 Å². The molecule has 1 fully saturated rings. The maximum Gasteiger partial charge on any atom is 0.166 e. The van der Waals surface area contributed by atoms with Crippen LogP contribution in [0.5, 0.6) is 0 Å². The summed E-state index contributed by atoms with van der Waals surface area (Å²) in [7, 11) is 0.